The molecule has 1 aromatic rings. The van der Waals surface area contributed by atoms with Crippen molar-refractivity contribution in [2.45, 2.75) is 50.7 Å². The summed E-state index contributed by atoms with van der Waals surface area (Å²) in [4.78, 5) is 0. The van der Waals surface area contributed by atoms with Crippen molar-refractivity contribution in [1.29, 1.82) is 0 Å². The molecule has 2 rings (SSSR count). The second-order valence-corrected chi connectivity index (χ2v) is 6.11. The van der Waals surface area contributed by atoms with Gasteiger partial charge in [-0.15, -0.1) is 0 Å². The summed E-state index contributed by atoms with van der Waals surface area (Å²) in [5.74, 6) is 0.214. The van der Waals surface area contributed by atoms with Gasteiger partial charge in [-0.25, -0.2) is 4.39 Å². The Morgan fingerprint density at radius 3 is 2.65 bits per heavy atom. The van der Waals surface area contributed by atoms with E-state index in [9.17, 15) is 4.39 Å². The van der Waals surface area contributed by atoms with Crippen LogP contribution in [0.5, 0.6) is 0 Å². The molecule has 0 saturated heterocycles. The molecular formula is C16H23ClFNO. The van der Waals surface area contributed by atoms with Crippen LogP contribution in [0.4, 0.5) is 4.39 Å². The van der Waals surface area contributed by atoms with Crippen LogP contribution >= 0.6 is 11.6 Å². The van der Waals surface area contributed by atoms with E-state index in [1.54, 1.807) is 13.2 Å². The number of nitrogens with two attached hydrogens (primary N) is 1. The van der Waals surface area contributed by atoms with Crippen LogP contribution in [0, 0.1) is 11.7 Å². The lowest BCUT2D eigenvalue weighted by Crippen LogP contribution is -2.43. The second kappa shape index (κ2) is 7.39. The van der Waals surface area contributed by atoms with Gasteiger partial charge in [-0.3, -0.25) is 0 Å². The van der Waals surface area contributed by atoms with Crippen molar-refractivity contribution in [3.63, 3.8) is 0 Å². The summed E-state index contributed by atoms with van der Waals surface area (Å²) < 4.78 is 18.7. The van der Waals surface area contributed by atoms with Crippen LogP contribution in [0.15, 0.2) is 18.2 Å². The Labute approximate surface area is 125 Å². The topological polar surface area (TPSA) is 35.2 Å². The Bertz CT molecular complexity index is 434. The third-order valence-corrected chi connectivity index (χ3v) is 4.63. The molecule has 20 heavy (non-hydrogen) atoms. The second-order valence-electron chi connectivity index (χ2n) is 5.70. The number of halogens is 2. The van der Waals surface area contributed by atoms with E-state index >= 15 is 0 Å². The predicted molar refractivity (Wildman–Crippen MR) is 80.5 cm³/mol. The van der Waals surface area contributed by atoms with Crippen molar-refractivity contribution in [3.8, 4) is 0 Å². The van der Waals surface area contributed by atoms with E-state index in [4.69, 9.17) is 22.1 Å². The fraction of sp³-hybridized carbons (Fsp3) is 0.625. The fourth-order valence-electron chi connectivity index (χ4n) is 3.24. The van der Waals surface area contributed by atoms with Crippen molar-refractivity contribution in [2.75, 3.05) is 7.11 Å². The molecule has 1 aromatic carbocycles. The first-order valence-electron chi connectivity index (χ1n) is 7.34. The van der Waals surface area contributed by atoms with E-state index in [-0.39, 0.29) is 18.0 Å². The Hall–Kier alpha value is -0.640. The molecule has 4 heteroatoms. The van der Waals surface area contributed by atoms with E-state index < -0.39 is 0 Å². The molecule has 2 N–H and O–H groups in total. The van der Waals surface area contributed by atoms with Crippen molar-refractivity contribution >= 4 is 11.6 Å². The quantitative estimate of drug-likeness (QED) is 0.893. The molecule has 1 fully saturated rings. The summed E-state index contributed by atoms with van der Waals surface area (Å²) in [5.41, 5.74) is 7.21. The fourth-order valence-corrected chi connectivity index (χ4v) is 3.48. The summed E-state index contributed by atoms with van der Waals surface area (Å²) in [6.45, 7) is 0. The number of hydrogen-bond acceptors (Lipinski definition) is 2. The van der Waals surface area contributed by atoms with Crippen LogP contribution in [0.2, 0.25) is 5.02 Å². The van der Waals surface area contributed by atoms with E-state index in [1.165, 1.54) is 44.2 Å². The minimum absolute atomic E-state index is 0.0522. The molecule has 1 aliphatic carbocycles. The summed E-state index contributed by atoms with van der Waals surface area (Å²) in [6.07, 6.45) is 6.87. The van der Waals surface area contributed by atoms with Gasteiger partial charge in [0.25, 0.3) is 0 Å². The first-order valence-corrected chi connectivity index (χ1v) is 7.72. The molecule has 2 nitrogen and oxygen atoms in total. The SMILES string of the molecule is COC(C(N)Cc1ccc(F)cc1Cl)C1CCCCC1. The zero-order chi connectivity index (χ0) is 14.5. The highest BCUT2D eigenvalue weighted by Crippen LogP contribution is 2.30. The Balaban J connectivity index is 2.02. The molecule has 0 aliphatic heterocycles. The smallest absolute Gasteiger partial charge is 0.124 e. The Morgan fingerprint density at radius 1 is 1.35 bits per heavy atom. The largest absolute Gasteiger partial charge is 0.380 e. The van der Waals surface area contributed by atoms with Crippen molar-refractivity contribution < 1.29 is 9.13 Å². The van der Waals surface area contributed by atoms with Crippen molar-refractivity contribution in [1.82, 2.24) is 0 Å². The van der Waals surface area contributed by atoms with Crippen molar-refractivity contribution in [2.24, 2.45) is 11.7 Å². The van der Waals surface area contributed by atoms with Crippen LogP contribution < -0.4 is 5.73 Å². The highest BCUT2D eigenvalue weighted by Gasteiger charge is 2.28. The third kappa shape index (κ3) is 3.94. The van der Waals surface area contributed by atoms with E-state index in [2.05, 4.69) is 0 Å². The van der Waals surface area contributed by atoms with Gasteiger partial charge < -0.3 is 10.5 Å². The standard InChI is InChI=1S/C16H23ClFNO/c1-20-16(11-5-3-2-4-6-11)15(19)9-12-7-8-13(18)10-14(12)17/h7-8,10-11,15-16H,2-6,9,19H2,1H3. The number of ether oxygens (including phenoxy) is 1. The molecule has 2 unspecified atom stereocenters. The van der Waals surface area contributed by atoms with Crippen LogP contribution in [0.1, 0.15) is 37.7 Å². The van der Waals surface area contributed by atoms with Crippen LogP contribution in [0.25, 0.3) is 0 Å². The van der Waals surface area contributed by atoms with Crippen LogP contribution in [-0.4, -0.2) is 19.3 Å². The van der Waals surface area contributed by atoms with Gasteiger partial charge in [-0.05, 0) is 42.9 Å². The average Bonchev–Trinajstić information content (AvgIpc) is 2.44. The first-order chi connectivity index (χ1) is 9.61. The first kappa shape index (κ1) is 15.7. The lowest BCUT2D eigenvalue weighted by atomic mass is 9.81. The number of rotatable bonds is 5. The van der Waals surface area contributed by atoms with Gasteiger partial charge in [0.15, 0.2) is 0 Å². The molecule has 0 spiro atoms. The van der Waals surface area contributed by atoms with Gasteiger partial charge in [0.1, 0.15) is 5.82 Å². The highest BCUT2D eigenvalue weighted by molar-refractivity contribution is 6.31. The lowest BCUT2D eigenvalue weighted by molar-refractivity contribution is 0.0179. The van der Waals surface area contributed by atoms with E-state index in [0.717, 1.165) is 5.56 Å². The summed E-state index contributed by atoms with van der Waals surface area (Å²) in [5, 5.41) is 0.443. The zero-order valence-corrected chi connectivity index (χ0v) is 12.7. The van der Waals surface area contributed by atoms with Crippen LogP contribution in [0.3, 0.4) is 0 Å². The third-order valence-electron chi connectivity index (χ3n) is 4.28. The molecule has 2 atom stereocenters. The summed E-state index contributed by atoms with van der Waals surface area (Å²) >= 11 is 6.07. The Kier molecular flexibility index (Phi) is 5.82. The molecule has 0 amide bonds. The molecule has 0 heterocycles. The molecule has 0 bridgehead atoms. The van der Waals surface area contributed by atoms with Gasteiger partial charge in [0, 0.05) is 18.2 Å². The summed E-state index contributed by atoms with van der Waals surface area (Å²) in [7, 11) is 1.73. The molecule has 1 saturated carbocycles. The monoisotopic (exact) mass is 299 g/mol. The van der Waals surface area contributed by atoms with Gasteiger partial charge in [0.05, 0.1) is 6.10 Å². The number of benzene rings is 1. The number of methoxy groups -OCH3 is 1. The van der Waals surface area contributed by atoms with E-state index in [0.29, 0.717) is 17.4 Å². The van der Waals surface area contributed by atoms with Gasteiger partial charge >= 0.3 is 0 Å². The van der Waals surface area contributed by atoms with Gasteiger partial charge in [0.2, 0.25) is 0 Å². The Morgan fingerprint density at radius 2 is 2.05 bits per heavy atom. The molecule has 0 aromatic heterocycles. The molecule has 0 radical (unpaired) electrons. The minimum atomic E-state index is -0.317. The maximum absolute atomic E-state index is 13.1. The maximum atomic E-state index is 13.1. The highest BCUT2D eigenvalue weighted by atomic mass is 35.5. The zero-order valence-electron chi connectivity index (χ0n) is 11.9. The van der Waals surface area contributed by atoms with Crippen LogP contribution in [-0.2, 0) is 11.2 Å². The number of hydrogen-bond donors (Lipinski definition) is 1. The predicted octanol–water partition coefficient (Wildman–Crippen LogP) is 3.94. The minimum Gasteiger partial charge on any atom is -0.380 e. The van der Waals surface area contributed by atoms with Gasteiger partial charge in [-0.2, -0.15) is 0 Å². The normalized spacial score (nSPS) is 19.8. The molecule has 1 aliphatic rings. The molecular weight excluding hydrogens is 277 g/mol. The van der Waals surface area contributed by atoms with E-state index in [1.807, 2.05) is 0 Å². The lowest BCUT2D eigenvalue weighted by Gasteiger charge is -2.33. The van der Waals surface area contributed by atoms with Crippen molar-refractivity contribution in [3.05, 3.63) is 34.6 Å². The van der Waals surface area contributed by atoms with Gasteiger partial charge in [-0.1, -0.05) is 36.9 Å². The maximum Gasteiger partial charge on any atom is 0.124 e. The summed E-state index contributed by atoms with van der Waals surface area (Å²) in [6, 6.07) is 4.37. The average molecular weight is 300 g/mol. The molecule has 112 valence electrons.